The standard InChI is InChI=1S/C52H89N15O15/c1-27(2)11-9-10-14-39(72)58-32(15-20-53)46(76)66-42(30(5)71)52(82)64-38(26-68)49(79)61-36-19-24-57-50(80)40(28(3)69)65-47(77)35(18-23-56)60-43(73)34(17-22-55)62-51(81)41(29(4)70)67-48(78)37(25-31-12-7-6-8-13-31)63-44(74)33(16-21-54)59-45(36)75/h6-8,12-13,27-30,32-38,40-42,68-71H,9-11,14-26,53-56H2,1-5H3,(H,57,80)(H,58,72)(H,59,75)(H,60,73)(H,61,79)(H,62,81)(H,63,74)(H,64,82)(H,65,77)(H,66,76)(H,67,78)/t28-,29-,30-,32+,33+,34+,35+,36+,37-,38?,40+,41+,42+/m1/s1. The molecule has 0 spiro atoms. The van der Waals surface area contributed by atoms with Crippen molar-refractivity contribution in [3.8, 4) is 0 Å². The maximum absolute atomic E-state index is 14.4. The quantitative estimate of drug-likeness (QED) is 0.0383. The smallest absolute Gasteiger partial charge is 0.245 e. The summed E-state index contributed by atoms with van der Waals surface area (Å²) in [6.45, 7) is 5.23. The van der Waals surface area contributed by atoms with Crippen molar-refractivity contribution in [1.82, 2.24) is 58.5 Å². The van der Waals surface area contributed by atoms with E-state index in [2.05, 4.69) is 58.5 Å². The predicted octanol–water partition coefficient (Wildman–Crippen LogP) is -7.66. The topological polar surface area (TPSA) is 505 Å². The molecule has 0 saturated carbocycles. The highest BCUT2D eigenvalue weighted by Gasteiger charge is 2.38. The van der Waals surface area contributed by atoms with E-state index in [0.29, 0.717) is 17.9 Å². The predicted molar refractivity (Wildman–Crippen MR) is 297 cm³/mol. The summed E-state index contributed by atoms with van der Waals surface area (Å²) in [6, 6.07) is -8.01. The largest absolute Gasteiger partial charge is 0.394 e. The lowest BCUT2D eigenvalue weighted by atomic mass is 10.0. The van der Waals surface area contributed by atoms with Crippen LogP contribution < -0.4 is 81.4 Å². The molecule has 462 valence electrons. The molecule has 1 aromatic rings. The molecule has 23 N–H and O–H groups in total. The molecule has 11 amide bonds. The number of nitrogens with one attached hydrogen (secondary N) is 11. The van der Waals surface area contributed by atoms with Crippen LogP contribution in [0.5, 0.6) is 0 Å². The molecule has 1 aromatic carbocycles. The van der Waals surface area contributed by atoms with Gasteiger partial charge >= 0.3 is 0 Å². The van der Waals surface area contributed by atoms with E-state index in [9.17, 15) is 73.2 Å². The molecule has 1 saturated heterocycles. The number of hydrogen-bond donors (Lipinski definition) is 19. The van der Waals surface area contributed by atoms with Crippen molar-refractivity contribution in [2.45, 2.75) is 178 Å². The summed E-state index contributed by atoms with van der Waals surface area (Å²) in [5.74, 6) is -10.6. The molecule has 82 heavy (non-hydrogen) atoms. The second kappa shape index (κ2) is 37.2. The number of nitrogens with two attached hydrogens (primary N) is 4. The zero-order valence-electron chi connectivity index (χ0n) is 47.4. The second-order valence-electron chi connectivity index (χ2n) is 20.6. The Hall–Kier alpha value is -6.93. The van der Waals surface area contributed by atoms with Crippen LogP contribution in [0.25, 0.3) is 0 Å². The van der Waals surface area contributed by atoms with Gasteiger partial charge in [-0.3, -0.25) is 52.7 Å². The number of carbonyl (C=O) groups is 11. The molecule has 0 aromatic heterocycles. The van der Waals surface area contributed by atoms with Gasteiger partial charge in [-0.1, -0.05) is 57.0 Å². The van der Waals surface area contributed by atoms with Gasteiger partial charge in [0.25, 0.3) is 0 Å². The van der Waals surface area contributed by atoms with E-state index in [1.54, 1.807) is 30.3 Å². The summed E-state index contributed by atoms with van der Waals surface area (Å²) in [5, 5.41) is 69.2. The van der Waals surface area contributed by atoms with Gasteiger partial charge in [0.05, 0.1) is 24.9 Å². The Kier molecular flexibility index (Phi) is 32.3. The van der Waals surface area contributed by atoms with Crippen molar-refractivity contribution in [2.24, 2.45) is 28.9 Å². The van der Waals surface area contributed by atoms with Gasteiger partial charge in [0, 0.05) is 19.4 Å². The van der Waals surface area contributed by atoms with Gasteiger partial charge in [0.15, 0.2) is 0 Å². The second-order valence-corrected chi connectivity index (χ2v) is 20.6. The van der Waals surface area contributed by atoms with Crippen LogP contribution in [-0.2, 0) is 59.2 Å². The van der Waals surface area contributed by atoms with Gasteiger partial charge in [-0.15, -0.1) is 0 Å². The van der Waals surface area contributed by atoms with Gasteiger partial charge in [0.1, 0.15) is 60.4 Å². The van der Waals surface area contributed by atoms with Gasteiger partial charge in [-0.25, -0.2) is 0 Å². The van der Waals surface area contributed by atoms with E-state index in [1.165, 1.54) is 6.92 Å². The van der Waals surface area contributed by atoms with Crippen LogP contribution in [0.4, 0.5) is 0 Å². The van der Waals surface area contributed by atoms with E-state index in [0.717, 1.165) is 26.7 Å². The lowest BCUT2D eigenvalue weighted by Gasteiger charge is -2.29. The first-order valence-electron chi connectivity index (χ1n) is 27.6. The number of amides is 11. The minimum absolute atomic E-state index is 0.0509. The Morgan fingerprint density at radius 3 is 1.56 bits per heavy atom. The summed E-state index contributed by atoms with van der Waals surface area (Å²) in [7, 11) is 0. The minimum Gasteiger partial charge on any atom is -0.394 e. The van der Waals surface area contributed by atoms with Crippen molar-refractivity contribution in [2.75, 3.05) is 39.3 Å². The van der Waals surface area contributed by atoms with Crippen LogP contribution in [0.1, 0.15) is 98.0 Å². The van der Waals surface area contributed by atoms with Crippen molar-refractivity contribution >= 4 is 65.0 Å². The van der Waals surface area contributed by atoms with Crippen LogP contribution in [-0.4, -0.2) is 203 Å². The third kappa shape index (κ3) is 24.7. The van der Waals surface area contributed by atoms with E-state index in [1.807, 2.05) is 13.8 Å². The number of hydrogen-bond acceptors (Lipinski definition) is 19. The zero-order valence-corrected chi connectivity index (χ0v) is 47.4. The van der Waals surface area contributed by atoms with Crippen molar-refractivity contribution in [3.05, 3.63) is 35.9 Å². The summed E-state index contributed by atoms with van der Waals surface area (Å²) in [5.41, 5.74) is 23.7. The van der Waals surface area contributed by atoms with E-state index in [4.69, 9.17) is 22.9 Å². The van der Waals surface area contributed by atoms with Gasteiger partial charge < -0.3 is 102 Å². The van der Waals surface area contributed by atoms with Gasteiger partial charge in [-0.05, 0) is 97.0 Å². The maximum Gasteiger partial charge on any atom is 0.245 e. The maximum atomic E-state index is 14.4. The Labute approximate surface area is 477 Å². The molecule has 1 aliphatic rings. The molecular formula is C52H89N15O15. The molecule has 30 nitrogen and oxygen atoms in total. The number of aliphatic hydroxyl groups excluding tert-OH is 4. The fourth-order valence-electron chi connectivity index (χ4n) is 8.41. The number of rotatable bonds is 26. The molecule has 2 rings (SSSR count). The van der Waals surface area contributed by atoms with Crippen molar-refractivity contribution < 1.29 is 73.2 Å². The highest BCUT2D eigenvalue weighted by molar-refractivity contribution is 5.99. The SMILES string of the molecule is CC(C)CCCCC(=O)N[C@@H](CCN)C(=O)N[C@H](C(=O)NC(CO)C(=O)N[C@H]1CCNC(=O)[C@H]([C@@H](C)O)NC(=O)[C@H](CCN)NC(=O)[C@H](CCN)NC(=O)[C@H]([C@@H](C)O)NC(=O)[C@@H](Cc2ccccc2)NC(=O)[C@H](CCN)NC1=O)[C@@H](C)O. The van der Waals surface area contributed by atoms with Crippen LogP contribution >= 0.6 is 0 Å². The van der Waals surface area contributed by atoms with Gasteiger partial charge in [-0.2, -0.15) is 0 Å². The molecule has 0 radical (unpaired) electrons. The van der Waals surface area contributed by atoms with Crippen LogP contribution in [0.2, 0.25) is 0 Å². The normalized spacial score (nSPS) is 23.3. The Morgan fingerprint density at radius 1 is 0.561 bits per heavy atom. The summed E-state index contributed by atoms with van der Waals surface area (Å²) >= 11 is 0. The average Bonchev–Trinajstić information content (AvgIpc) is 3.47. The fourth-order valence-corrected chi connectivity index (χ4v) is 8.41. The molecule has 1 unspecified atom stereocenters. The number of carbonyl (C=O) groups excluding carboxylic acids is 11. The van der Waals surface area contributed by atoms with E-state index in [-0.39, 0.29) is 64.7 Å². The van der Waals surface area contributed by atoms with Gasteiger partial charge in [0.2, 0.25) is 65.0 Å². The fraction of sp³-hybridized carbons (Fsp3) is 0.673. The zero-order chi connectivity index (χ0) is 61.6. The summed E-state index contributed by atoms with van der Waals surface area (Å²) in [4.78, 5) is 152. The van der Waals surface area contributed by atoms with Crippen LogP contribution in [0.3, 0.4) is 0 Å². The molecule has 1 aliphatic heterocycles. The average molecular weight is 1160 g/mol. The molecular weight excluding hydrogens is 1070 g/mol. The molecule has 13 atom stereocenters. The Balaban J connectivity index is 2.64. The van der Waals surface area contributed by atoms with Crippen LogP contribution in [0.15, 0.2) is 30.3 Å². The third-order valence-electron chi connectivity index (χ3n) is 13.1. The Bertz CT molecular complexity index is 2260. The van der Waals surface area contributed by atoms with Crippen LogP contribution in [0, 0.1) is 5.92 Å². The Morgan fingerprint density at radius 2 is 1.06 bits per heavy atom. The monoisotopic (exact) mass is 1160 g/mol. The number of unbranched alkanes of at least 4 members (excludes halogenated alkanes) is 1. The third-order valence-corrected chi connectivity index (χ3v) is 13.1. The number of benzene rings is 1. The van der Waals surface area contributed by atoms with E-state index >= 15 is 0 Å². The minimum atomic E-state index is -1.91. The highest BCUT2D eigenvalue weighted by atomic mass is 16.3. The molecule has 1 fully saturated rings. The summed E-state index contributed by atoms with van der Waals surface area (Å²) in [6.07, 6.45) is -4.09. The highest BCUT2D eigenvalue weighted by Crippen LogP contribution is 2.11. The molecule has 1 heterocycles. The number of aliphatic hydroxyl groups is 4. The summed E-state index contributed by atoms with van der Waals surface area (Å²) < 4.78 is 0. The first-order valence-corrected chi connectivity index (χ1v) is 27.6. The van der Waals surface area contributed by atoms with Crippen molar-refractivity contribution in [1.29, 1.82) is 0 Å². The van der Waals surface area contributed by atoms with Crippen molar-refractivity contribution in [3.63, 3.8) is 0 Å². The molecule has 0 bridgehead atoms. The lowest BCUT2D eigenvalue weighted by molar-refractivity contribution is -0.137. The lowest BCUT2D eigenvalue weighted by Crippen LogP contribution is -2.63. The first-order chi connectivity index (χ1) is 38.8. The molecule has 30 heteroatoms. The first kappa shape index (κ1) is 71.2. The molecule has 0 aliphatic carbocycles. The van der Waals surface area contributed by atoms with E-state index < -0.39 is 163 Å².